The Labute approximate surface area is 111 Å². The van der Waals surface area contributed by atoms with Crippen molar-refractivity contribution < 1.29 is 9.18 Å². The van der Waals surface area contributed by atoms with Gasteiger partial charge in [-0.3, -0.25) is 4.79 Å². The molecule has 1 aliphatic carbocycles. The highest BCUT2D eigenvalue weighted by Crippen LogP contribution is 2.33. The first-order valence-electron chi connectivity index (χ1n) is 6.04. The molecule has 3 N–H and O–H groups in total. The molecule has 1 fully saturated rings. The van der Waals surface area contributed by atoms with Crippen LogP contribution in [-0.2, 0) is 11.3 Å². The molecule has 1 unspecified atom stereocenters. The van der Waals surface area contributed by atoms with E-state index in [1.807, 2.05) is 0 Å². The van der Waals surface area contributed by atoms with Crippen molar-refractivity contribution in [1.82, 2.24) is 5.32 Å². The van der Waals surface area contributed by atoms with E-state index in [-0.39, 0.29) is 17.5 Å². The summed E-state index contributed by atoms with van der Waals surface area (Å²) in [4.78, 5) is 11.7. The summed E-state index contributed by atoms with van der Waals surface area (Å²) >= 11 is 5.66. The average molecular weight is 271 g/mol. The molecule has 0 radical (unpaired) electrons. The zero-order valence-corrected chi connectivity index (χ0v) is 10.7. The van der Waals surface area contributed by atoms with Crippen molar-refractivity contribution in [2.45, 2.75) is 31.8 Å². The lowest BCUT2D eigenvalue weighted by atomic mass is 10.1. The third-order valence-electron chi connectivity index (χ3n) is 3.11. The third kappa shape index (κ3) is 3.43. The van der Waals surface area contributed by atoms with Crippen LogP contribution in [0, 0.1) is 11.7 Å². The maximum Gasteiger partial charge on any atom is 0.237 e. The molecular weight excluding hydrogens is 255 g/mol. The van der Waals surface area contributed by atoms with Crippen LogP contribution in [0.4, 0.5) is 4.39 Å². The van der Waals surface area contributed by atoms with Gasteiger partial charge >= 0.3 is 0 Å². The minimum atomic E-state index is -0.500. The number of nitrogens with one attached hydrogen (secondary N) is 1. The molecule has 1 aliphatic rings. The Morgan fingerprint density at radius 3 is 2.94 bits per heavy atom. The predicted molar refractivity (Wildman–Crippen MR) is 68.6 cm³/mol. The van der Waals surface area contributed by atoms with E-state index in [2.05, 4.69) is 5.32 Å². The van der Waals surface area contributed by atoms with Gasteiger partial charge in [0.25, 0.3) is 0 Å². The third-order valence-corrected chi connectivity index (χ3v) is 3.40. The molecule has 2 rings (SSSR count). The topological polar surface area (TPSA) is 55.1 Å². The molecule has 0 heterocycles. The van der Waals surface area contributed by atoms with Crippen LogP contribution in [0.5, 0.6) is 0 Å². The van der Waals surface area contributed by atoms with Crippen molar-refractivity contribution in [3.05, 3.63) is 34.6 Å². The SMILES string of the molecule is NC(CC1CC1)C(=O)NCc1cccc(Cl)c1F. The van der Waals surface area contributed by atoms with Gasteiger partial charge in [-0.2, -0.15) is 0 Å². The van der Waals surface area contributed by atoms with Gasteiger partial charge in [-0.15, -0.1) is 0 Å². The highest BCUT2D eigenvalue weighted by atomic mass is 35.5. The monoisotopic (exact) mass is 270 g/mol. The summed E-state index contributed by atoms with van der Waals surface area (Å²) in [6, 6.07) is 4.21. The number of carbonyl (C=O) groups excluding carboxylic acids is 1. The summed E-state index contributed by atoms with van der Waals surface area (Å²) in [5.74, 6) is -0.134. The van der Waals surface area contributed by atoms with Crippen molar-refractivity contribution >= 4 is 17.5 Å². The molecule has 1 aromatic carbocycles. The van der Waals surface area contributed by atoms with Gasteiger partial charge in [-0.05, 0) is 18.4 Å². The fourth-order valence-corrected chi connectivity index (χ4v) is 2.01. The van der Waals surface area contributed by atoms with Crippen LogP contribution in [0.2, 0.25) is 5.02 Å². The number of hydrogen-bond donors (Lipinski definition) is 2. The van der Waals surface area contributed by atoms with E-state index in [1.165, 1.54) is 6.07 Å². The van der Waals surface area contributed by atoms with Crippen LogP contribution >= 0.6 is 11.6 Å². The second kappa shape index (κ2) is 5.67. The quantitative estimate of drug-likeness (QED) is 0.862. The predicted octanol–water partition coefficient (Wildman–Crippen LogP) is 2.22. The molecule has 1 aromatic rings. The Bertz CT molecular complexity index is 449. The van der Waals surface area contributed by atoms with Gasteiger partial charge in [0.1, 0.15) is 5.82 Å². The van der Waals surface area contributed by atoms with E-state index in [0.29, 0.717) is 17.9 Å². The van der Waals surface area contributed by atoms with Crippen molar-refractivity contribution in [1.29, 1.82) is 0 Å². The zero-order chi connectivity index (χ0) is 13.1. The Morgan fingerprint density at radius 2 is 2.28 bits per heavy atom. The molecule has 1 atom stereocenters. The maximum absolute atomic E-state index is 13.6. The fourth-order valence-electron chi connectivity index (χ4n) is 1.82. The van der Waals surface area contributed by atoms with Gasteiger partial charge in [0.2, 0.25) is 5.91 Å². The number of hydrogen-bond acceptors (Lipinski definition) is 2. The molecule has 98 valence electrons. The van der Waals surface area contributed by atoms with Gasteiger partial charge in [0, 0.05) is 12.1 Å². The number of halogens is 2. The lowest BCUT2D eigenvalue weighted by Gasteiger charge is -2.12. The van der Waals surface area contributed by atoms with Gasteiger partial charge < -0.3 is 11.1 Å². The molecule has 3 nitrogen and oxygen atoms in total. The summed E-state index contributed by atoms with van der Waals surface area (Å²) in [6.45, 7) is 0.115. The lowest BCUT2D eigenvalue weighted by Crippen LogP contribution is -2.40. The Balaban J connectivity index is 1.86. The Kier molecular flexibility index (Phi) is 4.19. The molecule has 0 saturated heterocycles. The van der Waals surface area contributed by atoms with E-state index in [1.54, 1.807) is 12.1 Å². The highest BCUT2D eigenvalue weighted by molar-refractivity contribution is 6.30. The van der Waals surface area contributed by atoms with Gasteiger partial charge in [-0.25, -0.2) is 4.39 Å². The molecule has 0 bridgehead atoms. The standard InChI is InChI=1S/C13H16ClFN2O/c14-10-3-1-2-9(12(10)15)7-17-13(18)11(16)6-8-4-5-8/h1-3,8,11H,4-7,16H2,(H,17,18). The molecule has 18 heavy (non-hydrogen) atoms. The van der Waals surface area contributed by atoms with E-state index in [9.17, 15) is 9.18 Å². The molecule has 1 amide bonds. The number of carbonyl (C=O) groups is 1. The van der Waals surface area contributed by atoms with Crippen molar-refractivity contribution in [2.24, 2.45) is 11.7 Å². The molecule has 0 spiro atoms. The summed E-state index contributed by atoms with van der Waals surface area (Å²) in [6.07, 6.45) is 3.03. The first kappa shape index (κ1) is 13.3. The van der Waals surface area contributed by atoms with Gasteiger partial charge in [0.15, 0.2) is 0 Å². The lowest BCUT2D eigenvalue weighted by molar-refractivity contribution is -0.122. The summed E-state index contributed by atoms with van der Waals surface area (Å²) in [5.41, 5.74) is 6.13. The Hall–Kier alpha value is -1.13. The van der Waals surface area contributed by atoms with E-state index < -0.39 is 11.9 Å². The summed E-state index contributed by atoms with van der Waals surface area (Å²) in [7, 11) is 0. The summed E-state index contributed by atoms with van der Waals surface area (Å²) < 4.78 is 13.6. The number of benzene rings is 1. The Morgan fingerprint density at radius 1 is 1.56 bits per heavy atom. The van der Waals surface area contributed by atoms with Crippen molar-refractivity contribution in [3.63, 3.8) is 0 Å². The fraction of sp³-hybridized carbons (Fsp3) is 0.462. The number of nitrogens with two attached hydrogens (primary N) is 1. The summed E-state index contributed by atoms with van der Waals surface area (Å²) in [5, 5.41) is 2.70. The van der Waals surface area contributed by atoms with Crippen LogP contribution < -0.4 is 11.1 Å². The zero-order valence-electron chi connectivity index (χ0n) is 9.96. The van der Waals surface area contributed by atoms with Crippen LogP contribution in [0.25, 0.3) is 0 Å². The number of rotatable bonds is 5. The van der Waals surface area contributed by atoms with Gasteiger partial charge in [0.05, 0.1) is 11.1 Å². The smallest absolute Gasteiger partial charge is 0.237 e. The highest BCUT2D eigenvalue weighted by Gasteiger charge is 2.26. The average Bonchev–Trinajstić information content (AvgIpc) is 3.14. The van der Waals surface area contributed by atoms with Crippen LogP contribution in [0.15, 0.2) is 18.2 Å². The van der Waals surface area contributed by atoms with Crippen molar-refractivity contribution in [3.8, 4) is 0 Å². The van der Waals surface area contributed by atoms with Crippen LogP contribution in [0.3, 0.4) is 0 Å². The minimum Gasteiger partial charge on any atom is -0.351 e. The molecule has 5 heteroatoms. The second-order valence-electron chi connectivity index (χ2n) is 4.72. The van der Waals surface area contributed by atoms with Crippen LogP contribution in [0.1, 0.15) is 24.8 Å². The molecule has 1 saturated carbocycles. The van der Waals surface area contributed by atoms with E-state index in [0.717, 1.165) is 12.8 Å². The minimum absolute atomic E-state index is 0.0593. The van der Waals surface area contributed by atoms with Gasteiger partial charge in [-0.1, -0.05) is 36.6 Å². The first-order chi connectivity index (χ1) is 8.58. The normalized spacial score (nSPS) is 16.4. The van der Waals surface area contributed by atoms with E-state index >= 15 is 0 Å². The molecule has 0 aromatic heterocycles. The second-order valence-corrected chi connectivity index (χ2v) is 5.12. The molecular formula is C13H16ClFN2O. The number of amides is 1. The maximum atomic E-state index is 13.6. The molecule has 0 aliphatic heterocycles. The first-order valence-corrected chi connectivity index (χ1v) is 6.42. The van der Waals surface area contributed by atoms with Crippen LogP contribution in [-0.4, -0.2) is 11.9 Å². The van der Waals surface area contributed by atoms with Crippen molar-refractivity contribution in [2.75, 3.05) is 0 Å². The largest absolute Gasteiger partial charge is 0.351 e. The van der Waals surface area contributed by atoms with E-state index in [4.69, 9.17) is 17.3 Å².